The fraction of sp³-hybridized carbons (Fsp3) is 0.500. The van der Waals surface area contributed by atoms with E-state index in [4.69, 9.17) is 0 Å². The van der Waals surface area contributed by atoms with E-state index in [2.05, 4.69) is 16.0 Å². The zero-order valence-corrected chi connectivity index (χ0v) is 15.4. The number of nitrogens with one attached hydrogen (secondary N) is 3. The first kappa shape index (κ1) is 17.5. The van der Waals surface area contributed by atoms with Crippen molar-refractivity contribution in [3.8, 4) is 0 Å². The van der Waals surface area contributed by atoms with Crippen molar-refractivity contribution in [2.45, 2.75) is 56.3 Å². The molecule has 3 N–H and O–H groups in total. The Morgan fingerprint density at radius 1 is 1.07 bits per heavy atom. The molecular formula is C20H22N4O4. The van der Waals surface area contributed by atoms with Gasteiger partial charge in [0.1, 0.15) is 6.04 Å². The molecule has 2 atom stereocenters. The second-order valence-corrected chi connectivity index (χ2v) is 8.13. The van der Waals surface area contributed by atoms with Gasteiger partial charge in [-0.1, -0.05) is 6.07 Å². The number of hydrogen-bond acceptors (Lipinski definition) is 6. The number of carbonyl (C=O) groups is 4. The average molecular weight is 382 g/mol. The first-order valence-corrected chi connectivity index (χ1v) is 9.81. The van der Waals surface area contributed by atoms with E-state index in [9.17, 15) is 19.2 Å². The number of fused-ring (bicyclic) bond motifs is 1. The molecular weight excluding hydrogens is 360 g/mol. The van der Waals surface area contributed by atoms with E-state index in [-0.39, 0.29) is 24.3 Å². The molecule has 1 aliphatic carbocycles. The highest BCUT2D eigenvalue weighted by Gasteiger charge is 2.51. The predicted octanol–water partition coefficient (Wildman–Crippen LogP) is 0.0719. The summed E-state index contributed by atoms with van der Waals surface area (Å²) >= 11 is 0. The minimum absolute atomic E-state index is 0.121. The zero-order chi connectivity index (χ0) is 19.5. The van der Waals surface area contributed by atoms with Crippen LogP contribution in [0.3, 0.4) is 0 Å². The maximum absolute atomic E-state index is 12.9. The van der Waals surface area contributed by atoms with Crippen LogP contribution < -0.4 is 16.0 Å². The normalized spacial score (nSPS) is 28.1. The van der Waals surface area contributed by atoms with E-state index in [0.717, 1.165) is 23.4 Å². The topological polar surface area (TPSA) is 108 Å². The number of benzene rings is 1. The van der Waals surface area contributed by atoms with E-state index in [1.54, 1.807) is 12.1 Å². The van der Waals surface area contributed by atoms with E-state index in [1.165, 1.54) is 12.8 Å². The Balaban J connectivity index is 1.33. The molecule has 8 nitrogen and oxygen atoms in total. The number of imide groups is 2. The van der Waals surface area contributed by atoms with Gasteiger partial charge < -0.3 is 10.6 Å². The Morgan fingerprint density at radius 2 is 1.86 bits per heavy atom. The molecule has 0 radical (unpaired) electrons. The van der Waals surface area contributed by atoms with Crippen LogP contribution in [0.2, 0.25) is 0 Å². The molecule has 1 aromatic carbocycles. The van der Waals surface area contributed by atoms with Gasteiger partial charge in [0.25, 0.3) is 11.8 Å². The van der Waals surface area contributed by atoms with Gasteiger partial charge >= 0.3 is 0 Å². The molecule has 3 fully saturated rings. The van der Waals surface area contributed by atoms with Crippen LogP contribution in [0.5, 0.6) is 0 Å². The molecule has 1 aromatic rings. The molecule has 8 heteroatoms. The monoisotopic (exact) mass is 382 g/mol. The average Bonchev–Trinajstić information content (AvgIpc) is 3.28. The van der Waals surface area contributed by atoms with Crippen molar-refractivity contribution in [2.24, 2.45) is 0 Å². The lowest BCUT2D eigenvalue weighted by Crippen LogP contribution is -2.54. The summed E-state index contributed by atoms with van der Waals surface area (Å²) in [5.74, 6) is -1.89. The second kappa shape index (κ2) is 6.22. The highest BCUT2D eigenvalue weighted by molar-refractivity contribution is 6.23. The van der Waals surface area contributed by atoms with E-state index >= 15 is 0 Å². The maximum Gasteiger partial charge on any atom is 0.262 e. The number of nitrogens with zero attached hydrogens (tertiary/aromatic N) is 1. The molecule has 3 aliphatic heterocycles. The number of hydrogen-bond donors (Lipinski definition) is 3. The standard InChI is InChI=1S/C20H22N4O4/c25-16-4-3-14(17(26)23-16)24-18(27)12-2-1-11(9-13(12)19(24)28)10-21-15-5-8-22-20(15)6-7-20/h1-2,9,14-15,21-22H,3-8,10H2,(H,23,25,26). The Kier molecular flexibility index (Phi) is 3.89. The SMILES string of the molecule is O=C1CCC(N2C(=O)c3ccc(CNC4CCNC45CC5)cc3C2=O)C(=O)N1. The largest absolute Gasteiger partial charge is 0.310 e. The molecule has 146 valence electrons. The summed E-state index contributed by atoms with van der Waals surface area (Å²) in [6.45, 7) is 1.65. The van der Waals surface area contributed by atoms with Gasteiger partial charge in [0.2, 0.25) is 11.8 Å². The van der Waals surface area contributed by atoms with Crippen molar-refractivity contribution in [3.05, 3.63) is 34.9 Å². The van der Waals surface area contributed by atoms with Crippen molar-refractivity contribution in [1.82, 2.24) is 20.9 Å². The summed E-state index contributed by atoms with van der Waals surface area (Å²) in [6, 6.07) is 4.77. The quantitative estimate of drug-likeness (QED) is 0.637. The van der Waals surface area contributed by atoms with Gasteiger partial charge in [-0.2, -0.15) is 0 Å². The van der Waals surface area contributed by atoms with Crippen molar-refractivity contribution in [3.63, 3.8) is 0 Å². The third kappa shape index (κ3) is 2.67. The maximum atomic E-state index is 12.9. The van der Waals surface area contributed by atoms with Crippen LogP contribution in [-0.4, -0.2) is 52.7 Å². The third-order valence-electron chi connectivity index (χ3n) is 6.42. The predicted molar refractivity (Wildman–Crippen MR) is 98.3 cm³/mol. The molecule has 4 amide bonds. The number of carbonyl (C=O) groups excluding carboxylic acids is 4. The molecule has 5 rings (SSSR count). The molecule has 4 aliphatic rings. The van der Waals surface area contributed by atoms with Crippen LogP contribution >= 0.6 is 0 Å². The minimum Gasteiger partial charge on any atom is -0.310 e. The summed E-state index contributed by atoms with van der Waals surface area (Å²) < 4.78 is 0. The van der Waals surface area contributed by atoms with Gasteiger partial charge in [0, 0.05) is 24.5 Å². The fourth-order valence-corrected chi connectivity index (χ4v) is 4.69. The van der Waals surface area contributed by atoms with Crippen LogP contribution in [0, 0.1) is 0 Å². The highest BCUT2D eigenvalue weighted by atomic mass is 16.2. The fourth-order valence-electron chi connectivity index (χ4n) is 4.69. The van der Waals surface area contributed by atoms with Crippen molar-refractivity contribution in [1.29, 1.82) is 0 Å². The number of amides is 4. The molecule has 0 bridgehead atoms. The Morgan fingerprint density at radius 3 is 2.61 bits per heavy atom. The number of piperidine rings is 1. The lowest BCUT2D eigenvalue weighted by Gasteiger charge is -2.27. The van der Waals surface area contributed by atoms with Gasteiger partial charge in [-0.25, -0.2) is 0 Å². The first-order chi connectivity index (χ1) is 13.5. The molecule has 1 saturated carbocycles. The van der Waals surface area contributed by atoms with Crippen molar-refractivity contribution < 1.29 is 19.2 Å². The minimum atomic E-state index is -0.925. The Bertz CT molecular complexity index is 907. The smallest absolute Gasteiger partial charge is 0.262 e. The lowest BCUT2D eigenvalue weighted by atomic mass is 10.0. The van der Waals surface area contributed by atoms with Gasteiger partial charge in [0.15, 0.2) is 0 Å². The molecule has 28 heavy (non-hydrogen) atoms. The summed E-state index contributed by atoms with van der Waals surface area (Å²) in [7, 11) is 0. The lowest BCUT2D eigenvalue weighted by molar-refractivity contribution is -0.136. The van der Waals surface area contributed by atoms with Gasteiger partial charge in [-0.3, -0.25) is 29.4 Å². The van der Waals surface area contributed by atoms with Crippen LogP contribution in [0.15, 0.2) is 18.2 Å². The third-order valence-corrected chi connectivity index (χ3v) is 6.42. The van der Waals surface area contributed by atoms with Gasteiger partial charge in [-0.15, -0.1) is 0 Å². The number of rotatable bonds is 4. The van der Waals surface area contributed by atoms with Gasteiger partial charge in [0.05, 0.1) is 11.1 Å². The Labute approximate surface area is 162 Å². The van der Waals surface area contributed by atoms with Crippen molar-refractivity contribution >= 4 is 23.6 Å². The van der Waals surface area contributed by atoms with E-state index in [0.29, 0.717) is 23.7 Å². The Hall–Kier alpha value is -2.58. The molecule has 0 aromatic heterocycles. The first-order valence-electron chi connectivity index (χ1n) is 9.81. The highest BCUT2D eigenvalue weighted by Crippen LogP contribution is 2.43. The summed E-state index contributed by atoms with van der Waals surface area (Å²) in [5, 5.41) is 9.36. The van der Waals surface area contributed by atoms with Crippen LogP contribution in [0.25, 0.3) is 0 Å². The van der Waals surface area contributed by atoms with Gasteiger partial charge in [-0.05, 0) is 49.9 Å². The zero-order valence-electron chi connectivity index (χ0n) is 15.4. The summed E-state index contributed by atoms with van der Waals surface area (Å²) in [4.78, 5) is 50.1. The van der Waals surface area contributed by atoms with E-state index in [1.807, 2.05) is 6.07 Å². The van der Waals surface area contributed by atoms with Crippen LogP contribution in [0.1, 0.15) is 58.4 Å². The van der Waals surface area contributed by atoms with Crippen LogP contribution in [0.4, 0.5) is 0 Å². The summed E-state index contributed by atoms with van der Waals surface area (Å²) in [5.41, 5.74) is 1.84. The molecule has 1 spiro atoms. The van der Waals surface area contributed by atoms with Crippen molar-refractivity contribution in [2.75, 3.05) is 6.54 Å². The second-order valence-electron chi connectivity index (χ2n) is 8.13. The molecule has 2 unspecified atom stereocenters. The van der Waals surface area contributed by atoms with E-state index < -0.39 is 23.8 Å². The van der Waals surface area contributed by atoms with Crippen LogP contribution in [-0.2, 0) is 16.1 Å². The summed E-state index contributed by atoms with van der Waals surface area (Å²) in [6.07, 6.45) is 3.77. The molecule has 2 saturated heterocycles. The molecule has 3 heterocycles.